The highest BCUT2D eigenvalue weighted by molar-refractivity contribution is 5.24. The number of allylic oxidation sites excluding steroid dienone is 2. The van der Waals surface area contributed by atoms with Crippen molar-refractivity contribution in [3.8, 4) is 0 Å². The van der Waals surface area contributed by atoms with Crippen molar-refractivity contribution in [1.82, 2.24) is 0 Å². The molecule has 0 amide bonds. The molecule has 0 aliphatic heterocycles. The van der Waals surface area contributed by atoms with Crippen molar-refractivity contribution in [1.29, 1.82) is 0 Å². The van der Waals surface area contributed by atoms with Gasteiger partial charge in [-0.2, -0.15) is 0 Å². The Bertz CT molecular complexity index is 589. The fourth-order valence-corrected chi connectivity index (χ4v) is 9.24. The molecule has 7 unspecified atom stereocenters. The quantitative estimate of drug-likeness (QED) is 0.483. The van der Waals surface area contributed by atoms with Crippen LogP contribution in [0, 0.1) is 46.3 Å². The van der Waals surface area contributed by atoms with Crippen LogP contribution in [0.4, 0.5) is 0 Å². The van der Waals surface area contributed by atoms with E-state index in [1.807, 2.05) is 5.57 Å². The second-order valence-corrected chi connectivity index (χ2v) is 11.1. The summed E-state index contributed by atoms with van der Waals surface area (Å²) in [6.07, 6.45) is 19.1. The first-order chi connectivity index (χ1) is 13.1. The molecule has 5 rings (SSSR count). The molecule has 152 valence electrons. The van der Waals surface area contributed by atoms with Crippen LogP contribution in [-0.4, -0.2) is 13.2 Å². The van der Waals surface area contributed by atoms with Crippen LogP contribution in [0.2, 0.25) is 0 Å². The standard InChI is InChI=1S/C26H42O/c1-4-19-9-11-23-22-10-8-21-16-18(17-27-5-2)12-15-26(21,20-6-7-20)24(22)13-14-25(19,23)3/h4,18,20-24H,5-17H2,1-3H3/b19-4-. The molecule has 0 aromatic heterocycles. The van der Waals surface area contributed by atoms with Gasteiger partial charge in [-0.15, -0.1) is 0 Å². The van der Waals surface area contributed by atoms with Crippen molar-refractivity contribution in [2.24, 2.45) is 46.3 Å². The summed E-state index contributed by atoms with van der Waals surface area (Å²) in [7, 11) is 0. The molecule has 7 atom stereocenters. The lowest BCUT2D eigenvalue weighted by Crippen LogP contribution is -2.55. The third-order valence-electron chi connectivity index (χ3n) is 10.4. The van der Waals surface area contributed by atoms with Gasteiger partial charge in [0.2, 0.25) is 0 Å². The van der Waals surface area contributed by atoms with E-state index < -0.39 is 0 Å². The number of hydrogen-bond donors (Lipinski definition) is 0. The lowest BCUT2D eigenvalue weighted by atomic mass is 9.42. The summed E-state index contributed by atoms with van der Waals surface area (Å²) in [6.45, 7) is 9.03. The molecule has 0 saturated heterocycles. The molecule has 1 nitrogen and oxygen atoms in total. The molecule has 0 radical (unpaired) electrons. The van der Waals surface area contributed by atoms with Crippen molar-refractivity contribution in [3.05, 3.63) is 11.6 Å². The molecule has 0 heterocycles. The van der Waals surface area contributed by atoms with E-state index in [0.29, 0.717) is 5.41 Å². The summed E-state index contributed by atoms with van der Waals surface area (Å²) in [5.74, 6) is 6.08. The van der Waals surface area contributed by atoms with Gasteiger partial charge in [0.25, 0.3) is 0 Å². The Balaban J connectivity index is 1.41. The highest BCUT2D eigenvalue weighted by atomic mass is 16.5. The van der Waals surface area contributed by atoms with Gasteiger partial charge in [0.1, 0.15) is 0 Å². The average Bonchev–Trinajstić information content (AvgIpc) is 3.48. The van der Waals surface area contributed by atoms with E-state index in [9.17, 15) is 0 Å². The van der Waals surface area contributed by atoms with Gasteiger partial charge in [0.05, 0.1) is 0 Å². The maximum absolute atomic E-state index is 5.86. The number of rotatable bonds is 4. The van der Waals surface area contributed by atoms with Crippen LogP contribution >= 0.6 is 0 Å². The molecule has 0 aromatic rings. The van der Waals surface area contributed by atoms with Crippen LogP contribution in [0.5, 0.6) is 0 Å². The summed E-state index contributed by atoms with van der Waals surface area (Å²) >= 11 is 0. The summed E-state index contributed by atoms with van der Waals surface area (Å²) in [5.41, 5.74) is 3.11. The van der Waals surface area contributed by atoms with E-state index in [1.54, 1.807) is 25.7 Å². The summed E-state index contributed by atoms with van der Waals surface area (Å²) in [6, 6.07) is 0. The molecule has 5 aliphatic rings. The average molecular weight is 371 g/mol. The summed E-state index contributed by atoms with van der Waals surface area (Å²) < 4.78 is 5.86. The van der Waals surface area contributed by atoms with E-state index in [1.165, 1.54) is 44.9 Å². The van der Waals surface area contributed by atoms with E-state index in [4.69, 9.17) is 4.74 Å². The first kappa shape index (κ1) is 18.7. The van der Waals surface area contributed by atoms with Crippen LogP contribution in [0.3, 0.4) is 0 Å². The molecule has 0 spiro atoms. The number of hydrogen-bond acceptors (Lipinski definition) is 1. The van der Waals surface area contributed by atoms with Gasteiger partial charge in [-0.3, -0.25) is 0 Å². The normalized spacial score (nSPS) is 50.9. The predicted octanol–water partition coefficient (Wildman–Crippen LogP) is 7.02. The first-order valence-corrected chi connectivity index (χ1v) is 12.4. The predicted molar refractivity (Wildman–Crippen MR) is 113 cm³/mol. The molecule has 5 saturated carbocycles. The van der Waals surface area contributed by atoms with Crippen LogP contribution in [0.1, 0.15) is 91.4 Å². The van der Waals surface area contributed by atoms with Gasteiger partial charge < -0.3 is 4.74 Å². The van der Waals surface area contributed by atoms with Gasteiger partial charge >= 0.3 is 0 Å². The molecular formula is C26H42O. The fraction of sp³-hybridized carbons (Fsp3) is 0.923. The van der Waals surface area contributed by atoms with Crippen LogP contribution < -0.4 is 0 Å². The number of fused-ring (bicyclic) bond motifs is 5. The Morgan fingerprint density at radius 3 is 2.52 bits per heavy atom. The molecule has 5 aliphatic carbocycles. The Hall–Kier alpha value is -0.300. The summed E-state index contributed by atoms with van der Waals surface area (Å²) in [5, 5.41) is 0. The van der Waals surface area contributed by atoms with Crippen molar-refractivity contribution in [2.75, 3.05) is 13.2 Å². The smallest absolute Gasteiger partial charge is 0.0494 e. The third kappa shape index (κ3) is 2.73. The van der Waals surface area contributed by atoms with E-state index in [0.717, 1.165) is 54.1 Å². The molecule has 5 fully saturated rings. The molecule has 0 N–H and O–H groups in total. The molecule has 1 heteroatoms. The molecule has 0 aromatic carbocycles. The maximum Gasteiger partial charge on any atom is 0.0494 e. The fourth-order valence-electron chi connectivity index (χ4n) is 9.24. The Labute approximate surface area is 167 Å². The summed E-state index contributed by atoms with van der Waals surface area (Å²) in [4.78, 5) is 0. The molecule has 27 heavy (non-hydrogen) atoms. The maximum atomic E-state index is 5.86. The SMILES string of the molecule is C/C=C1/CCC2C3CCC4CC(COCC)CCC4(C4CC4)C3CCC12C. The monoisotopic (exact) mass is 370 g/mol. The minimum Gasteiger partial charge on any atom is -0.381 e. The van der Waals surface area contributed by atoms with Gasteiger partial charge in [-0.1, -0.05) is 18.6 Å². The zero-order valence-corrected chi connectivity index (χ0v) is 18.1. The highest BCUT2D eigenvalue weighted by Crippen LogP contribution is 2.72. The first-order valence-electron chi connectivity index (χ1n) is 12.4. The van der Waals surface area contributed by atoms with Gasteiger partial charge in [-0.25, -0.2) is 0 Å². The Morgan fingerprint density at radius 1 is 0.963 bits per heavy atom. The number of ether oxygens (including phenoxy) is 1. The topological polar surface area (TPSA) is 9.23 Å². The second-order valence-electron chi connectivity index (χ2n) is 11.1. The van der Waals surface area contributed by atoms with Gasteiger partial charge in [-0.05, 0) is 131 Å². The van der Waals surface area contributed by atoms with Crippen molar-refractivity contribution < 1.29 is 4.74 Å². The van der Waals surface area contributed by atoms with E-state index >= 15 is 0 Å². The zero-order chi connectivity index (χ0) is 18.6. The molecule has 0 bridgehead atoms. The van der Waals surface area contributed by atoms with Gasteiger partial charge in [0.15, 0.2) is 0 Å². The van der Waals surface area contributed by atoms with Gasteiger partial charge in [0, 0.05) is 13.2 Å². The lowest BCUT2D eigenvalue weighted by molar-refractivity contribution is -0.133. The van der Waals surface area contributed by atoms with Crippen molar-refractivity contribution in [3.63, 3.8) is 0 Å². The van der Waals surface area contributed by atoms with Crippen LogP contribution in [-0.2, 0) is 4.74 Å². The third-order valence-corrected chi connectivity index (χ3v) is 10.4. The van der Waals surface area contributed by atoms with E-state index in [2.05, 4.69) is 26.8 Å². The Morgan fingerprint density at radius 2 is 1.78 bits per heavy atom. The zero-order valence-electron chi connectivity index (χ0n) is 18.1. The minimum absolute atomic E-state index is 0.555. The lowest BCUT2D eigenvalue weighted by Gasteiger charge is -2.62. The second kappa shape index (κ2) is 6.89. The highest BCUT2D eigenvalue weighted by Gasteiger charge is 2.63. The van der Waals surface area contributed by atoms with Crippen LogP contribution in [0.25, 0.3) is 0 Å². The van der Waals surface area contributed by atoms with Crippen LogP contribution in [0.15, 0.2) is 11.6 Å². The minimum atomic E-state index is 0.555. The van der Waals surface area contributed by atoms with Crippen molar-refractivity contribution in [2.45, 2.75) is 91.4 Å². The Kier molecular flexibility index (Phi) is 4.78. The van der Waals surface area contributed by atoms with E-state index in [-0.39, 0.29) is 0 Å². The van der Waals surface area contributed by atoms with Crippen molar-refractivity contribution >= 4 is 0 Å². The largest absolute Gasteiger partial charge is 0.381 e. The molecular weight excluding hydrogens is 328 g/mol.